The van der Waals surface area contributed by atoms with Crippen LogP contribution in [0.5, 0.6) is 5.75 Å². The average Bonchev–Trinajstić information content (AvgIpc) is 3.34. The van der Waals surface area contributed by atoms with Gasteiger partial charge in [-0.2, -0.15) is 0 Å². The van der Waals surface area contributed by atoms with Crippen LogP contribution in [0.1, 0.15) is 19.3 Å². The highest BCUT2D eigenvalue weighted by Gasteiger charge is 2.45. The molecule has 196 valence electrons. The van der Waals surface area contributed by atoms with E-state index >= 15 is 0 Å². The molecule has 1 spiro atoms. The number of rotatable bonds is 5. The monoisotopic (exact) mass is 528 g/mol. The second kappa shape index (κ2) is 10.8. The molecule has 0 saturated carbocycles. The van der Waals surface area contributed by atoms with Crippen molar-refractivity contribution in [1.29, 1.82) is 0 Å². The van der Waals surface area contributed by atoms with Gasteiger partial charge in [0, 0.05) is 76.5 Å². The van der Waals surface area contributed by atoms with Gasteiger partial charge in [-0.3, -0.25) is 10.1 Å². The number of oxime groups is 1. The molecule has 37 heavy (non-hydrogen) atoms. The summed E-state index contributed by atoms with van der Waals surface area (Å²) in [5, 5.41) is 9.07. The number of methoxy groups -OCH3 is 1. The van der Waals surface area contributed by atoms with Crippen molar-refractivity contribution in [2.75, 3.05) is 56.6 Å². The molecule has 12 heteroatoms. The molecule has 0 aliphatic carbocycles. The summed E-state index contributed by atoms with van der Waals surface area (Å²) in [6.45, 7) is 3.36. The minimum atomic E-state index is -0.574. The maximum atomic E-state index is 13.1. The first kappa shape index (κ1) is 25.1. The molecule has 0 atom stereocenters. The van der Waals surface area contributed by atoms with E-state index in [1.54, 1.807) is 53.6 Å². The van der Waals surface area contributed by atoms with Gasteiger partial charge in [-0.25, -0.2) is 9.78 Å². The Morgan fingerprint density at radius 1 is 1.08 bits per heavy atom. The number of hydrogen-bond acceptors (Lipinski definition) is 9. The van der Waals surface area contributed by atoms with E-state index in [-0.39, 0.29) is 5.91 Å². The van der Waals surface area contributed by atoms with E-state index in [1.165, 1.54) is 0 Å². The molecular formula is C25H29ClN6O5. The zero-order chi connectivity index (χ0) is 25.8. The third-order valence-corrected chi connectivity index (χ3v) is 7.15. The van der Waals surface area contributed by atoms with Crippen LogP contribution in [0, 0.1) is 0 Å². The number of anilines is 2. The fourth-order valence-electron chi connectivity index (χ4n) is 4.76. The van der Waals surface area contributed by atoms with E-state index in [0.717, 1.165) is 5.82 Å². The zero-order valence-corrected chi connectivity index (χ0v) is 21.3. The summed E-state index contributed by atoms with van der Waals surface area (Å²) in [4.78, 5) is 44.9. The fourth-order valence-corrected chi connectivity index (χ4v) is 5.00. The number of carbonyl (C=O) groups excluding carboxylic acids is 2. The normalized spacial score (nSPS) is 19.2. The number of carbonyl (C=O) groups is 2. The Morgan fingerprint density at radius 2 is 1.86 bits per heavy atom. The predicted octanol–water partition coefficient (Wildman–Crippen LogP) is 3.17. The molecule has 0 unspecified atom stereocenters. The lowest BCUT2D eigenvalue weighted by Gasteiger charge is -2.36. The summed E-state index contributed by atoms with van der Waals surface area (Å²) in [7, 11) is 1.56. The zero-order valence-electron chi connectivity index (χ0n) is 20.6. The molecule has 1 N–H and O–H groups in total. The van der Waals surface area contributed by atoms with Gasteiger partial charge in [0.15, 0.2) is 0 Å². The Balaban J connectivity index is 1.07. The number of ether oxygens (including phenoxy) is 1. The second-order valence-electron chi connectivity index (χ2n) is 9.24. The fraction of sp³-hybridized carbons (Fsp3) is 0.440. The van der Waals surface area contributed by atoms with E-state index in [2.05, 4.69) is 20.4 Å². The molecule has 0 radical (unpaired) electrons. The van der Waals surface area contributed by atoms with Crippen LogP contribution in [0.3, 0.4) is 0 Å². The van der Waals surface area contributed by atoms with E-state index < -0.39 is 11.7 Å². The lowest BCUT2D eigenvalue weighted by Crippen LogP contribution is -2.51. The smallest absolute Gasteiger partial charge is 0.430 e. The molecule has 11 nitrogen and oxygen atoms in total. The Kier molecular flexibility index (Phi) is 7.33. The second-order valence-corrected chi connectivity index (χ2v) is 9.65. The molecule has 0 bridgehead atoms. The van der Waals surface area contributed by atoms with Gasteiger partial charge in [-0.1, -0.05) is 22.8 Å². The van der Waals surface area contributed by atoms with Crippen LogP contribution in [-0.2, 0) is 14.5 Å². The van der Waals surface area contributed by atoms with Crippen LogP contribution in [0.4, 0.5) is 16.3 Å². The number of piperidine rings is 1. The van der Waals surface area contributed by atoms with E-state index in [4.69, 9.17) is 26.0 Å². The first-order valence-electron chi connectivity index (χ1n) is 12.2. The van der Waals surface area contributed by atoms with Crippen LogP contribution in [0.15, 0.2) is 47.8 Å². The van der Waals surface area contributed by atoms with Crippen molar-refractivity contribution < 1.29 is 24.0 Å². The lowest BCUT2D eigenvalue weighted by atomic mass is 9.87. The van der Waals surface area contributed by atoms with E-state index in [9.17, 15) is 9.59 Å². The molecule has 5 rings (SSSR count). The third kappa shape index (κ3) is 5.72. The summed E-state index contributed by atoms with van der Waals surface area (Å²) < 4.78 is 5.17. The van der Waals surface area contributed by atoms with Gasteiger partial charge >= 0.3 is 6.09 Å². The largest absolute Gasteiger partial charge is 0.497 e. The molecule has 1 aromatic carbocycles. The van der Waals surface area contributed by atoms with E-state index in [0.29, 0.717) is 80.7 Å². The molecule has 1 aromatic heterocycles. The van der Waals surface area contributed by atoms with Gasteiger partial charge in [0.1, 0.15) is 22.9 Å². The number of halogens is 1. The van der Waals surface area contributed by atoms with Crippen molar-refractivity contribution in [1.82, 2.24) is 14.9 Å². The molecular weight excluding hydrogens is 500 g/mol. The Bertz CT molecular complexity index is 1180. The number of aromatic nitrogens is 1. The third-order valence-electron chi connectivity index (χ3n) is 6.85. The van der Waals surface area contributed by atoms with Crippen molar-refractivity contribution in [3.8, 4) is 5.75 Å². The topological polar surface area (TPSA) is 109 Å². The van der Waals surface area contributed by atoms with Crippen LogP contribution in [0.25, 0.3) is 0 Å². The number of nitrogens with one attached hydrogen (secondary N) is 1. The summed E-state index contributed by atoms with van der Waals surface area (Å²) in [6, 6.07) is 10.7. The number of benzene rings is 1. The number of hydrogen-bond donors (Lipinski definition) is 1. The van der Waals surface area contributed by atoms with Crippen LogP contribution in [-0.4, -0.2) is 84.6 Å². The minimum absolute atomic E-state index is 0.0972. The first-order valence-corrected chi connectivity index (χ1v) is 12.6. The number of piperazine rings is 1. The van der Waals surface area contributed by atoms with Crippen molar-refractivity contribution in [3.63, 3.8) is 0 Å². The summed E-state index contributed by atoms with van der Waals surface area (Å²) in [6.07, 6.45) is 2.76. The quantitative estimate of drug-likeness (QED) is 0.630. The summed E-state index contributed by atoms with van der Waals surface area (Å²) in [5.41, 5.74) is 0.476. The minimum Gasteiger partial charge on any atom is -0.497 e. The summed E-state index contributed by atoms with van der Waals surface area (Å²) >= 11 is 6.27. The van der Waals surface area contributed by atoms with Gasteiger partial charge < -0.3 is 24.2 Å². The van der Waals surface area contributed by atoms with Crippen molar-refractivity contribution >= 4 is 40.8 Å². The lowest BCUT2D eigenvalue weighted by molar-refractivity contribution is -0.154. The van der Waals surface area contributed by atoms with Gasteiger partial charge in [0.05, 0.1) is 12.1 Å². The highest BCUT2D eigenvalue weighted by Crippen LogP contribution is 2.35. The molecule has 2 fully saturated rings. The number of pyridine rings is 1. The first-order chi connectivity index (χ1) is 17.9. The van der Waals surface area contributed by atoms with Crippen LogP contribution in [0.2, 0.25) is 5.02 Å². The maximum absolute atomic E-state index is 13.1. The molecule has 2 saturated heterocycles. The Morgan fingerprint density at radius 3 is 2.59 bits per heavy atom. The predicted molar refractivity (Wildman–Crippen MR) is 138 cm³/mol. The van der Waals surface area contributed by atoms with Gasteiger partial charge in [0.25, 0.3) is 5.91 Å². The SMILES string of the molecule is COc1cccc(NC(=O)ON2CCC3(CC2)CC(C(=O)N2CCN(c4ncccc4Cl)CC2)=NO3)c1. The Hall–Kier alpha value is -3.57. The van der Waals surface area contributed by atoms with Gasteiger partial charge in [0.2, 0.25) is 0 Å². The molecule has 2 amide bonds. The highest BCUT2D eigenvalue weighted by atomic mass is 35.5. The van der Waals surface area contributed by atoms with Crippen molar-refractivity contribution in [2.24, 2.45) is 5.16 Å². The van der Waals surface area contributed by atoms with Gasteiger partial charge in [-0.05, 0) is 24.3 Å². The maximum Gasteiger partial charge on any atom is 0.430 e. The standard InChI is InChI=1S/C25H29ClN6O5/c1-35-19-5-2-4-18(16-19)28-24(34)36-32-10-7-25(8-11-32)17-21(29-37-25)23(33)31-14-12-30(13-15-31)22-20(26)6-3-9-27-22/h2-6,9,16H,7-8,10-15,17H2,1H3,(H,28,34). The number of amides is 2. The van der Waals surface area contributed by atoms with Crippen LogP contribution < -0.4 is 15.0 Å². The molecule has 3 aliphatic rings. The summed E-state index contributed by atoms with van der Waals surface area (Å²) in [5.74, 6) is 1.28. The number of nitrogens with zero attached hydrogens (tertiary/aromatic N) is 5. The van der Waals surface area contributed by atoms with Gasteiger partial charge in [-0.15, -0.1) is 5.06 Å². The van der Waals surface area contributed by atoms with Crippen LogP contribution >= 0.6 is 11.6 Å². The molecule has 4 heterocycles. The average molecular weight is 529 g/mol. The van der Waals surface area contributed by atoms with Crippen molar-refractivity contribution in [2.45, 2.75) is 24.9 Å². The van der Waals surface area contributed by atoms with Crippen molar-refractivity contribution in [3.05, 3.63) is 47.6 Å². The number of hydroxylamine groups is 2. The highest BCUT2D eigenvalue weighted by molar-refractivity contribution is 6.39. The Labute approximate surface area is 219 Å². The molecule has 3 aliphatic heterocycles. The van der Waals surface area contributed by atoms with E-state index in [1.807, 2.05) is 6.07 Å². The molecule has 2 aromatic rings.